The number of likely N-dealkylation sites (N-methyl/N-ethyl adjacent to an activating group) is 1. The molecule has 0 saturated carbocycles. The minimum Gasteiger partial charge on any atom is -0.341 e. The van der Waals surface area contributed by atoms with Crippen LogP contribution in [-0.4, -0.2) is 47.4 Å². The summed E-state index contributed by atoms with van der Waals surface area (Å²) in [7, 11) is 3.23. The highest BCUT2D eigenvalue weighted by Gasteiger charge is 2.12. The number of carbonyl (C=O) groups is 2. The molecule has 3 amide bonds. The molecule has 0 atom stereocenters. The van der Waals surface area contributed by atoms with Gasteiger partial charge in [-0.1, -0.05) is 18.2 Å². The zero-order chi connectivity index (χ0) is 16.1. The number of para-hydroxylation sites is 1. The third-order valence-electron chi connectivity index (χ3n) is 3.14. The molecule has 7 nitrogen and oxygen atoms in total. The Morgan fingerprint density at radius 3 is 2.68 bits per heavy atom. The SMILES string of the molecule is CNC(=O)NC(=O)CN(C)Cc1nc(C)c2ccccc2n1. The highest BCUT2D eigenvalue weighted by atomic mass is 16.2. The molecule has 22 heavy (non-hydrogen) atoms. The molecule has 0 radical (unpaired) electrons. The Labute approximate surface area is 128 Å². The number of carbonyl (C=O) groups excluding carboxylic acids is 2. The predicted octanol–water partition coefficient (Wildman–Crippen LogP) is 0.826. The molecule has 0 unspecified atom stereocenters. The van der Waals surface area contributed by atoms with Crippen LogP contribution in [0.3, 0.4) is 0 Å². The van der Waals surface area contributed by atoms with Crippen molar-refractivity contribution >= 4 is 22.8 Å². The summed E-state index contributed by atoms with van der Waals surface area (Å²) in [5, 5.41) is 5.57. The van der Waals surface area contributed by atoms with E-state index in [2.05, 4.69) is 20.6 Å². The van der Waals surface area contributed by atoms with Crippen LogP contribution in [0, 0.1) is 6.92 Å². The molecule has 0 bridgehead atoms. The fraction of sp³-hybridized carbons (Fsp3) is 0.333. The fourth-order valence-electron chi connectivity index (χ4n) is 2.14. The second kappa shape index (κ2) is 6.95. The predicted molar refractivity (Wildman–Crippen MR) is 83.2 cm³/mol. The van der Waals surface area contributed by atoms with Gasteiger partial charge in [0.05, 0.1) is 18.6 Å². The van der Waals surface area contributed by atoms with Crippen molar-refractivity contribution in [3.05, 3.63) is 35.8 Å². The number of benzene rings is 1. The quantitative estimate of drug-likeness (QED) is 0.873. The number of rotatable bonds is 4. The van der Waals surface area contributed by atoms with Crippen molar-refractivity contribution in [2.75, 3.05) is 20.6 Å². The summed E-state index contributed by atoms with van der Waals surface area (Å²) in [5.74, 6) is 0.269. The second-order valence-electron chi connectivity index (χ2n) is 5.04. The standard InChI is InChI=1S/C15H19N5O2/c1-10-11-6-4-5-7-12(11)18-13(17-10)8-20(3)9-14(21)19-15(22)16-2/h4-7H,8-9H2,1-3H3,(H2,16,19,21,22). The van der Waals surface area contributed by atoms with Gasteiger partial charge in [0.2, 0.25) is 5.91 Å². The van der Waals surface area contributed by atoms with E-state index in [0.29, 0.717) is 12.4 Å². The van der Waals surface area contributed by atoms with Gasteiger partial charge in [0.15, 0.2) is 0 Å². The van der Waals surface area contributed by atoms with Crippen molar-refractivity contribution in [2.45, 2.75) is 13.5 Å². The summed E-state index contributed by atoms with van der Waals surface area (Å²) in [6.07, 6.45) is 0. The first-order valence-electron chi connectivity index (χ1n) is 6.92. The zero-order valence-electron chi connectivity index (χ0n) is 12.9. The van der Waals surface area contributed by atoms with Gasteiger partial charge < -0.3 is 5.32 Å². The monoisotopic (exact) mass is 301 g/mol. The van der Waals surface area contributed by atoms with E-state index >= 15 is 0 Å². The first kappa shape index (κ1) is 15.8. The lowest BCUT2D eigenvalue weighted by Gasteiger charge is -2.15. The van der Waals surface area contributed by atoms with Gasteiger partial charge in [0.1, 0.15) is 5.82 Å². The normalized spacial score (nSPS) is 10.7. The molecule has 1 aromatic heterocycles. The maximum Gasteiger partial charge on any atom is 0.321 e. The number of imide groups is 1. The highest BCUT2D eigenvalue weighted by molar-refractivity contribution is 5.95. The third-order valence-corrected chi connectivity index (χ3v) is 3.14. The maximum atomic E-state index is 11.6. The van der Waals surface area contributed by atoms with Crippen LogP contribution in [0.25, 0.3) is 10.9 Å². The minimum atomic E-state index is -0.517. The molecule has 2 N–H and O–H groups in total. The van der Waals surface area contributed by atoms with E-state index in [0.717, 1.165) is 16.6 Å². The highest BCUT2D eigenvalue weighted by Crippen LogP contribution is 2.14. The van der Waals surface area contributed by atoms with Crippen LogP contribution in [0.15, 0.2) is 24.3 Å². The molecular formula is C15H19N5O2. The van der Waals surface area contributed by atoms with Crippen molar-refractivity contribution in [1.82, 2.24) is 25.5 Å². The number of nitrogens with one attached hydrogen (secondary N) is 2. The number of aromatic nitrogens is 2. The molecule has 0 saturated heterocycles. The molecule has 116 valence electrons. The van der Waals surface area contributed by atoms with E-state index in [4.69, 9.17) is 0 Å². The van der Waals surface area contributed by atoms with Gasteiger partial charge in [-0.25, -0.2) is 14.8 Å². The van der Waals surface area contributed by atoms with Gasteiger partial charge in [0, 0.05) is 18.1 Å². The Morgan fingerprint density at radius 1 is 1.23 bits per heavy atom. The summed E-state index contributed by atoms with van der Waals surface area (Å²) in [4.78, 5) is 33.4. The molecule has 2 rings (SSSR count). The fourth-order valence-corrected chi connectivity index (χ4v) is 2.14. The maximum absolute atomic E-state index is 11.6. The Morgan fingerprint density at radius 2 is 1.95 bits per heavy atom. The smallest absolute Gasteiger partial charge is 0.321 e. The lowest BCUT2D eigenvalue weighted by atomic mass is 10.2. The summed E-state index contributed by atoms with van der Waals surface area (Å²) >= 11 is 0. The Balaban J connectivity index is 2.04. The number of aryl methyl sites for hydroxylation is 1. The van der Waals surface area contributed by atoms with E-state index in [-0.39, 0.29) is 12.5 Å². The van der Waals surface area contributed by atoms with Crippen molar-refractivity contribution in [1.29, 1.82) is 0 Å². The Bertz CT molecular complexity index is 701. The molecule has 2 aromatic rings. The van der Waals surface area contributed by atoms with Gasteiger partial charge in [-0.15, -0.1) is 0 Å². The first-order valence-corrected chi connectivity index (χ1v) is 6.92. The summed E-state index contributed by atoms with van der Waals surface area (Å²) in [6, 6.07) is 7.28. The number of urea groups is 1. The van der Waals surface area contributed by atoms with Gasteiger partial charge in [-0.3, -0.25) is 15.0 Å². The van der Waals surface area contributed by atoms with Gasteiger partial charge in [-0.05, 0) is 20.0 Å². The molecule has 0 fully saturated rings. The van der Waals surface area contributed by atoms with E-state index in [9.17, 15) is 9.59 Å². The molecule has 0 aliphatic heterocycles. The lowest BCUT2D eigenvalue weighted by molar-refractivity contribution is -0.120. The van der Waals surface area contributed by atoms with Crippen molar-refractivity contribution in [3.8, 4) is 0 Å². The summed E-state index contributed by atoms with van der Waals surface area (Å²) in [6.45, 7) is 2.45. The van der Waals surface area contributed by atoms with Gasteiger partial charge >= 0.3 is 6.03 Å². The molecule has 0 spiro atoms. The van der Waals surface area contributed by atoms with Crippen LogP contribution in [0.2, 0.25) is 0 Å². The number of fused-ring (bicyclic) bond motifs is 1. The molecule has 7 heteroatoms. The van der Waals surface area contributed by atoms with Crippen LogP contribution in [0.1, 0.15) is 11.5 Å². The van der Waals surface area contributed by atoms with Crippen LogP contribution in [0.4, 0.5) is 4.79 Å². The Kier molecular flexibility index (Phi) is 5.00. The van der Waals surface area contributed by atoms with E-state index in [1.807, 2.05) is 31.2 Å². The third kappa shape index (κ3) is 3.98. The summed E-state index contributed by atoms with van der Waals surface area (Å²) < 4.78 is 0. The average molecular weight is 301 g/mol. The second-order valence-corrected chi connectivity index (χ2v) is 5.04. The van der Waals surface area contributed by atoms with Crippen molar-refractivity contribution < 1.29 is 9.59 Å². The first-order chi connectivity index (χ1) is 10.5. The van der Waals surface area contributed by atoms with Gasteiger partial charge in [0.25, 0.3) is 0 Å². The van der Waals surface area contributed by atoms with Crippen molar-refractivity contribution in [3.63, 3.8) is 0 Å². The molecule has 0 aliphatic rings. The number of hydrogen-bond donors (Lipinski definition) is 2. The van der Waals surface area contributed by atoms with E-state index in [1.54, 1.807) is 11.9 Å². The largest absolute Gasteiger partial charge is 0.341 e. The summed E-state index contributed by atoms with van der Waals surface area (Å²) in [5.41, 5.74) is 1.79. The topological polar surface area (TPSA) is 87.2 Å². The lowest BCUT2D eigenvalue weighted by Crippen LogP contribution is -2.42. The van der Waals surface area contributed by atoms with Gasteiger partial charge in [-0.2, -0.15) is 0 Å². The van der Waals surface area contributed by atoms with Crippen LogP contribution in [0.5, 0.6) is 0 Å². The molecule has 1 aromatic carbocycles. The molecule has 0 aliphatic carbocycles. The zero-order valence-corrected chi connectivity index (χ0v) is 12.9. The average Bonchev–Trinajstić information content (AvgIpc) is 2.46. The van der Waals surface area contributed by atoms with Crippen LogP contribution in [-0.2, 0) is 11.3 Å². The number of amides is 3. The Hall–Kier alpha value is -2.54. The van der Waals surface area contributed by atoms with Crippen LogP contribution < -0.4 is 10.6 Å². The molecular weight excluding hydrogens is 282 g/mol. The van der Waals surface area contributed by atoms with E-state index in [1.165, 1.54) is 7.05 Å². The minimum absolute atomic E-state index is 0.0860. The number of hydrogen-bond acceptors (Lipinski definition) is 5. The molecule has 1 heterocycles. The van der Waals surface area contributed by atoms with Crippen molar-refractivity contribution in [2.24, 2.45) is 0 Å². The van der Waals surface area contributed by atoms with E-state index < -0.39 is 6.03 Å². The van der Waals surface area contributed by atoms with Crippen LogP contribution >= 0.6 is 0 Å². The number of nitrogens with zero attached hydrogens (tertiary/aromatic N) is 3.